The normalized spacial score (nSPS) is 11.2. The van der Waals surface area contributed by atoms with Gasteiger partial charge in [0.15, 0.2) is 5.76 Å². The molecule has 128 valence electrons. The van der Waals surface area contributed by atoms with Crippen LogP contribution in [0.5, 0.6) is 11.6 Å². The number of ether oxygens (including phenoxy) is 1. The molecule has 1 amide bonds. The summed E-state index contributed by atoms with van der Waals surface area (Å²) in [6, 6.07) is 14.6. The first-order valence-corrected chi connectivity index (χ1v) is 8.02. The van der Waals surface area contributed by atoms with Crippen molar-refractivity contribution in [2.75, 3.05) is 5.32 Å². The molecule has 1 aromatic carbocycles. The van der Waals surface area contributed by atoms with E-state index in [1.807, 2.05) is 24.3 Å². The predicted molar refractivity (Wildman–Crippen MR) is 96.1 cm³/mol. The minimum absolute atomic E-state index is 0.0751. The lowest BCUT2D eigenvalue weighted by Crippen LogP contribution is -2.12. The van der Waals surface area contributed by atoms with Crippen molar-refractivity contribution in [1.29, 1.82) is 0 Å². The van der Waals surface area contributed by atoms with Crippen molar-refractivity contribution >= 4 is 11.6 Å². The summed E-state index contributed by atoms with van der Waals surface area (Å²) in [5, 5.41) is 2.75. The smallest absolute Gasteiger partial charge is 0.291 e. The Morgan fingerprint density at radius 1 is 1.08 bits per heavy atom. The van der Waals surface area contributed by atoms with Crippen molar-refractivity contribution in [3.8, 4) is 11.6 Å². The number of nitrogens with one attached hydrogen (secondary N) is 1. The summed E-state index contributed by atoms with van der Waals surface area (Å²) < 4.78 is 10.9. The van der Waals surface area contributed by atoms with E-state index in [0.29, 0.717) is 17.3 Å². The quantitative estimate of drug-likeness (QED) is 0.727. The van der Waals surface area contributed by atoms with Crippen molar-refractivity contribution < 1.29 is 13.9 Å². The van der Waals surface area contributed by atoms with Crippen LogP contribution < -0.4 is 10.1 Å². The SMILES string of the molecule is CC(C)(C)c1ccc(Oc2ncccc2NC(=O)c2ccco2)cc1. The average Bonchev–Trinajstić information content (AvgIpc) is 3.11. The van der Waals surface area contributed by atoms with E-state index in [-0.39, 0.29) is 17.1 Å². The first kappa shape index (κ1) is 16.8. The van der Waals surface area contributed by atoms with Crippen molar-refractivity contribution in [1.82, 2.24) is 4.98 Å². The van der Waals surface area contributed by atoms with Crippen molar-refractivity contribution in [2.24, 2.45) is 0 Å². The van der Waals surface area contributed by atoms with Gasteiger partial charge in [-0.2, -0.15) is 0 Å². The average molecular weight is 336 g/mol. The highest BCUT2D eigenvalue weighted by atomic mass is 16.5. The Morgan fingerprint density at radius 3 is 2.48 bits per heavy atom. The largest absolute Gasteiger partial charge is 0.459 e. The van der Waals surface area contributed by atoms with Crippen LogP contribution in [-0.2, 0) is 5.41 Å². The van der Waals surface area contributed by atoms with Crippen LogP contribution >= 0.6 is 0 Å². The first-order chi connectivity index (χ1) is 11.9. The van der Waals surface area contributed by atoms with Crippen molar-refractivity contribution in [3.63, 3.8) is 0 Å². The molecule has 2 heterocycles. The van der Waals surface area contributed by atoms with Crippen molar-refractivity contribution in [2.45, 2.75) is 26.2 Å². The van der Waals surface area contributed by atoms with Gasteiger partial charge in [0.05, 0.1) is 6.26 Å². The van der Waals surface area contributed by atoms with Crippen LogP contribution in [0.3, 0.4) is 0 Å². The Hall–Kier alpha value is -3.08. The van der Waals surface area contributed by atoms with Gasteiger partial charge in [-0.1, -0.05) is 32.9 Å². The van der Waals surface area contributed by atoms with Gasteiger partial charge in [-0.15, -0.1) is 0 Å². The fraction of sp³-hybridized carbons (Fsp3) is 0.200. The maximum absolute atomic E-state index is 12.1. The van der Waals surface area contributed by atoms with E-state index in [1.54, 1.807) is 30.5 Å². The van der Waals surface area contributed by atoms with Crippen LogP contribution in [0.25, 0.3) is 0 Å². The van der Waals surface area contributed by atoms with Gasteiger partial charge in [0.2, 0.25) is 5.88 Å². The number of pyridine rings is 1. The van der Waals surface area contributed by atoms with Gasteiger partial charge >= 0.3 is 0 Å². The standard InChI is InChI=1S/C20H20N2O3/c1-20(2,3)14-8-10-15(11-9-14)25-19-16(6-4-12-21-19)22-18(23)17-7-5-13-24-17/h4-13H,1-3H3,(H,22,23). The Labute approximate surface area is 146 Å². The Bertz CT molecular complexity index is 847. The van der Waals surface area contributed by atoms with E-state index in [1.165, 1.54) is 11.8 Å². The van der Waals surface area contributed by atoms with Crippen LogP contribution in [0.1, 0.15) is 36.9 Å². The number of amides is 1. The minimum atomic E-state index is -0.356. The van der Waals surface area contributed by atoms with Gasteiger partial charge in [-0.05, 0) is 47.4 Å². The van der Waals surface area contributed by atoms with Gasteiger partial charge < -0.3 is 14.5 Å². The first-order valence-electron chi connectivity index (χ1n) is 8.02. The fourth-order valence-corrected chi connectivity index (χ4v) is 2.29. The van der Waals surface area contributed by atoms with Crippen LogP contribution in [0.4, 0.5) is 5.69 Å². The van der Waals surface area contributed by atoms with Crippen LogP contribution in [0, 0.1) is 0 Å². The zero-order chi connectivity index (χ0) is 17.9. The third kappa shape index (κ3) is 4.07. The summed E-state index contributed by atoms with van der Waals surface area (Å²) in [5.41, 5.74) is 1.77. The molecule has 0 radical (unpaired) electrons. The minimum Gasteiger partial charge on any atom is -0.459 e. The molecule has 5 heteroatoms. The Kier molecular flexibility index (Phi) is 4.57. The van der Waals surface area contributed by atoms with E-state index < -0.39 is 0 Å². The molecular formula is C20H20N2O3. The summed E-state index contributed by atoms with van der Waals surface area (Å²) in [6.45, 7) is 6.47. The van der Waals surface area contributed by atoms with Gasteiger partial charge in [0.1, 0.15) is 11.4 Å². The molecule has 0 unspecified atom stereocenters. The summed E-state index contributed by atoms with van der Waals surface area (Å²) in [5.74, 6) is 0.848. The molecule has 25 heavy (non-hydrogen) atoms. The number of carbonyl (C=O) groups is 1. The summed E-state index contributed by atoms with van der Waals surface area (Å²) in [6.07, 6.45) is 3.06. The van der Waals surface area contributed by atoms with Crippen LogP contribution in [0.2, 0.25) is 0 Å². The second kappa shape index (κ2) is 6.81. The third-order valence-electron chi connectivity index (χ3n) is 3.70. The molecule has 0 spiro atoms. The van der Waals surface area contributed by atoms with Crippen LogP contribution in [-0.4, -0.2) is 10.9 Å². The molecule has 0 atom stereocenters. The van der Waals surface area contributed by atoms with E-state index in [0.717, 1.165) is 0 Å². The number of benzene rings is 1. The van der Waals surface area contributed by atoms with Gasteiger partial charge in [-0.25, -0.2) is 4.98 Å². The molecule has 0 saturated heterocycles. The van der Waals surface area contributed by atoms with Crippen LogP contribution in [0.15, 0.2) is 65.4 Å². The molecule has 0 saturated carbocycles. The number of nitrogens with zero attached hydrogens (tertiary/aromatic N) is 1. The molecule has 0 bridgehead atoms. The van der Waals surface area contributed by atoms with Gasteiger partial charge in [-0.3, -0.25) is 4.79 Å². The predicted octanol–water partition coefficient (Wildman–Crippen LogP) is 5.02. The molecular weight excluding hydrogens is 316 g/mol. The molecule has 0 aliphatic carbocycles. The molecule has 2 aromatic heterocycles. The Balaban J connectivity index is 1.78. The number of carbonyl (C=O) groups excluding carboxylic acids is 1. The number of anilines is 1. The lowest BCUT2D eigenvalue weighted by molar-refractivity contribution is 0.0996. The Morgan fingerprint density at radius 2 is 1.84 bits per heavy atom. The van der Waals surface area contributed by atoms with E-state index in [2.05, 4.69) is 31.1 Å². The number of aromatic nitrogens is 1. The maximum Gasteiger partial charge on any atom is 0.291 e. The number of rotatable bonds is 4. The molecule has 0 fully saturated rings. The lowest BCUT2D eigenvalue weighted by Gasteiger charge is -2.19. The topological polar surface area (TPSA) is 64.4 Å². The second-order valence-corrected chi connectivity index (χ2v) is 6.66. The molecule has 1 N–H and O–H groups in total. The van der Waals surface area contributed by atoms with E-state index >= 15 is 0 Å². The zero-order valence-corrected chi connectivity index (χ0v) is 14.4. The van der Waals surface area contributed by atoms with E-state index in [9.17, 15) is 4.79 Å². The maximum atomic E-state index is 12.1. The van der Waals surface area contributed by atoms with Gasteiger partial charge in [0.25, 0.3) is 5.91 Å². The zero-order valence-electron chi connectivity index (χ0n) is 14.4. The number of furan rings is 1. The molecule has 5 nitrogen and oxygen atoms in total. The number of hydrogen-bond donors (Lipinski definition) is 1. The molecule has 3 aromatic rings. The van der Waals surface area contributed by atoms with Gasteiger partial charge in [0, 0.05) is 6.20 Å². The molecule has 0 aliphatic heterocycles. The number of hydrogen-bond acceptors (Lipinski definition) is 4. The third-order valence-corrected chi connectivity index (χ3v) is 3.70. The summed E-state index contributed by atoms with van der Waals surface area (Å²) in [7, 11) is 0. The van der Waals surface area contributed by atoms with Crippen molar-refractivity contribution in [3.05, 3.63) is 72.3 Å². The highest BCUT2D eigenvalue weighted by Gasteiger charge is 2.15. The summed E-state index contributed by atoms with van der Waals surface area (Å²) >= 11 is 0. The summed E-state index contributed by atoms with van der Waals surface area (Å²) in [4.78, 5) is 16.4. The fourth-order valence-electron chi connectivity index (χ4n) is 2.29. The highest BCUT2D eigenvalue weighted by molar-refractivity contribution is 6.02. The lowest BCUT2D eigenvalue weighted by atomic mass is 9.87. The van der Waals surface area contributed by atoms with E-state index in [4.69, 9.17) is 9.15 Å². The molecule has 3 rings (SSSR count). The molecule has 0 aliphatic rings. The second-order valence-electron chi connectivity index (χ2n) is 6.66. The monoisotopic (exact) mass is 336 g/mol. The highest BCUT2D eigenvalue weighted by Crippen LogP contribution is 2.29.